The fourth-order valence-electron chi connectivity index (χ4n) is 4.04. The van der Waals surface area contributed by atoms with Gasteiger partial charge in [0.05, 0.1) is 16.8 Å². The molecular formula is C29H31N3O3. The molecule has 0 atom stereocenters. The molecule has 3 aromatic rings. The third-order valence-electron chi connectivity index (χ3n) is 6.63. The smallest absolute Gasteiger partial charge is 0.225 e. The Labute approximate surface area is 206 Å². The number of carbonyl (C=O) groups is 3. The fraction of sp³-hybridized carbons (Fsp3) is 0.276. The third-order valence-corrected chi connectivity index (χ3v) is 6.63. The van der Waals surface area contributed by atoms with E-state index in [0.29, 0.717) is 46.7 Å². The lowest BCUT2D eigenvalue weighted by Gasteiger charge is -2.24. The second-order valence-corrected chi connectivity index (χ2v) is 9.53. The van der Waals surface area contributed by atoms with Gasteiger partial charge in [-0.1, -0.05) is 62.7 Å². The van der Waals surface area contributed by atoms with Crippen molar-refractivity contribution in [3.8, 4) is 0 Å². The number of ketones is 2. The first kappa shape index (κ1) is 24.2. The topological polar surface area (TPSA) is 87.3 Å². The minimum Gasteiger partial charge on any atom is -0.383 e. The molecule has 3 N–H and O–H groups in total. The lowest BCUT2D eigenvalue weighted by atomic mass is 9.82. The summed E-state index contributed by atoms with van der Waals surface area (Å²) in [6.07, 6.45) is 0.741. The molecule has 4 rings (SSSR count). The van der Waals surface area contributed by atoms with Crippen LogP contribution < -0.4 is 16.0 Å². The lowest BCUT2D eigenvalue weighted by molar-refractivity contribution is -0.129. The van der Waals surface area contributed by atoms with Crippen molar-refractivity contribution in [1.29, 1.82) is 0 Å². The van der Waals surface area contributed by atoms with Crippen molar-refractivity contribution in [3.63, 3.8) is 0 Å². The molecule has 0 radical (unpaired) electrons. The standard InChI is InChI=1S/C29H31N3O3/c1-5-29(3,4)28(35)31-17-16-30-22-14-15-23(32-19-12-10-18(2)11-13-19)25-24(22)26(33)20-8-6-7-9-21(20)27(25)34/h6-15,30,32H,5,16-17H2,1-4H3,(H,31,35). The molecule has 0 saturated heterocycles. The van der Waals surface area contributed by atoms with Gasteiger partial charge in [0.2, 0.25) is 5.91 Å². The third kappa shape index (κ3) is 4.83. The summed E-state index contributed by atoms with van der Waals surface area (Å²) >= 11 is 0. The van der Waals surface area contributed by atoms with Crippen LogP contribution in [0.15, 0.2) is 60.7 Å². The molecule has 3 aromatic carbocycles. The van der Waals surface area contributed by atoms with E-state index >= 15 is 0 Å². The summed E-state index contributed by atoms with van der Waals surface area (Å²) in [6.45, 7) is 8.64. The number of aryl methyl sites for hydroxylation is 1. The van der Waals surface area contributed by atoms with Crippen LogP contribution in [0.5, 0.6) is 0 Å². The van der Waals surface area contributed by atoms with E-state index in [1.807, 2.05) is 64.1 Å². The summed E-state index contributed by atoms with van der Waals surface area (Å²) in [4.78, 5) is 39.5. The highest BCUT2D eigenvalue weighted by Crippen LogP contribution is 2.37. The van der Waals surface area contributed by atoms with Crippen LogP contribution in [0.25, 0.3) is 0 Å². The largest absolute Gasteiger partial charge is 0.383 e. The molecule has 6 heteroatoms. The minimum atomic E-state index is -0.436. The lowest BCUT2D eigenvalue weighted by Crippen LogP contribution is -2.38. The summed E-state index contributed by atoms with van der Waals surface area (Å²) < 4.78 is 0. The quantitative estimate of drug-likeness (QED) is 0.298. The molecule has 1 amide bonds. The highest BCUT2D eigenvalue weighted by atomic mass is 16.2. The van der Waals surface area contributed by atoms with Crippen molar-refractivity contribution in [2.24, 2.45) is 5.41 Å². The van der Waals surface area contributed by atoms with E-state index in [4.69, 9.17) is 0 Å². The minimum absolute atomic E-state index is 0.0124. The second kappa shape index (κ2) is 9.74. The van der Waals surface area contributed by atoms with Gasteiger partial charge in [0.15, 0.2) is 11.6 Å². The van der Waals surface area contributed by atoms with Gasteiger partial charge >= 0.3 is 0 Å². The maximum atomic E-state index is 13.6. The van der Waals surface area contributed by atoms with Crippen LogP contribution in [0.4, 0.5) is 17.1 Å². The van der Waals surface area contributed by atoms with Crippen LogP contribution in [0.1, 0.15) is 64.6 Å². The van der Waals surface area contributed by atoms with Crippen LogP contribution >= 0.6 is 0 Å². The molecule has 0 aliphatic heterocycles. The molecule has 0 heterocycles. The number of anilines is 3. The van der Waals surface area contributed by atoms with Gasteiger partial charge in [-0.3, -0.25) is 14.4 Å². The van der Waals surface area contributed by atoms with E-state index < -0.39 is 5.41 Å². The number of fused-ring (bicyclic) bond motifs is 2. The van der Waals surface area contributed by atoms with Crippen molar-refractivity contribution in [2.75, 3.05) is 23.7 Å². The van der Waals surface area contributed by atoms with E-state index in [2.05, 4.69) is 16.0 Å². The van der Waals surface area contributed by atoms with Crippen molar-refractivity contribution in [2.45, 2.75) is 34.1 Å². The Kier molecular flexibility index (Phi) is 6.74. The van der Waals surface area contributed by atoms with E-state index in [1.54, 1.807) is 24.3 Å². The van der Waals surface area contributed by atoms with Gasteiger partial charge in [0.25, 0.3) is 0 Å². The predicted molar refractivity (Wildman–Crippen MR) is 140 cm³/mol. The summed E-state index contributed by atoms with van der Waals surface area (Å²) in [7, 11) is 0. The van der Waals surface area contributed by atoms with Gasteiger partial charge < -0.3 is 16.0 Å². The number of benzene rings is 3. The Morgan fingerprint density at radius 2 is 1.37 bits per heavy atom. The summed E-state index contributed by atoms with van der Waals surface area (Å²) in [5.41, 5.74) is 4.20. The van der Waals surface area contributed by atoms with Gasteiger partial charge in [0.1, 0.15) is 0 Å². The number of amides is 1. The average molecular weight is 470 g/mol. The number of hydrogen-bond acceptors (Lipinski definition) is 5. The average Bonchev–Trinajstić information content (AvgIpc) is 2.86. The normalized spacial score (nSPS) is 12.6. The molecule has 6 nitrogen and oxygen atoms in total. The van der Waals surface area contributed by atoms with Crippen LogP contribution in [0.2, 0.25) is 0 Å². The Morgan fingerprint density at radius 3 is 1.97 bits per heavy atom. The van der Waals surface area contributed by atoms with Crippen molar-refractivity contribution < 1.29 is 14.4 Å². The number of rotatable bonds is 8. The second-order valence-electron chi connectivity index (χ2n) is 9.53. The molecule has 1 aliphatic carbocycles. The van der Waals surface area contributed by atoms with E-state index in [1.165, 1.54) is 0 Å². The predicted octanol–water partition coefficient (Wildman–Crippen LogP) is 5.48. The van der Waals surface area contributed by atoms with Crippen LogP contribution in [0, 0.1) is 12.3 Å². The van der Waals surface area contributed by atoms with Crippen LogP contribution in [-0.4, -0.2) is 30.6 Å². The molecule has 0 spiro atoms. The molecule has 0 fully saturated rings. The first-order chi connectivity index (χ1) is 16.7. The van der Waals surface area contributed by atoms with E-state index in [9.17, 15) is 14.4 Å². The zero-order valence-electron chi connectivity index (χ0n) is 20.6. The summed E-state index contributed by atoms with van der Waals surface area (Å²) in [6, 6.07) is 18.4. The molecule has 0 saturated carbocycles. The Hall–Kier alpha value is -3.93. The van der Waals surface area contributed by atoms with Crippen LogP contribution in [-0.2, 0) is 4.79 Å². The maximum absolute atomic E-state index is 13.6. The SMILES string of the molecule is CCC(C)(C)C(=O)NCCNc1ccc(Nc2ccc(C)cc2)c2c1C(=O)c1ccccc1C2=O. The van der Waals surface area contributed by atoms with Crippen molar-refractivity contribution in [3.05, 3.63) is 88.5 Å². The highest BCUT2D eigenvalue weighted by molar-refractivity contribution is 6.32. The molecule has 0 aromatic heterocycles. The number of hydrogen-bond donors (Lipinski definition) is 3. The maximum Gasteiger partial charge on any atom is 0.225 e. The van der Waals surface area contributed by atoms with Gasteiger partial charge in [0, 0.05) is 41.0 Å². The van der Waals surface area contributed by atoms with E-state index in [-0.39, 0.29) is 17.5 Å². The highest BCUT2D eigenvalue weighted by Gasteiger charge is 2.34. The molecule has 180 valence electrons. The van der Waals surface area contributed by atoms with Gasteiger partial charge in [-0.05, 0) is 37.6 Å². The van der Waals surface area contributed by atoms with E-state index in [0.717, 1.165) is 17.7 Å². The monoisotopic (exact) mass is 469 g/mol. The Bertz CT molecular complexity index is 1290. The molecule has 35 heavy (non-hydrogen) atoms. The zero-order valence-corrected chi connectivity index (χ0v) is 20.6. The molecular weight excluding hydrogens is 438 g/mol. The molecule has 0 unspecified atom stereocenters. The first-order valence-electron chi connectivity index (χ1n) is 11.9. The summed E-state index contributed by atoms with van der Waals surface area (Å²) in [5.74, 6) is -0.394. The van der Waals surface area contributed by atoms with Gasteiger partial charge in [-0.25, -0.2) is 0 Å². The first-order valence-corrected chi connectivity index (χ1v) is 11.9. The van der Waals surface area contributed by atoms with Crippen molar-refractivity contribution in [1.82, 2.24) is 5.32 Å². The van der Waals surface area contributed by atoms with Crippen LogP contribution in [0.3, 0.4) is 0 Å². The molecule has 0 bridgehead atoms. The van der Waals surface area contributed by atoms with Crippen molar-refractivity contribution >= 4 is 34.5 Å². The summed E-state index contributed by atoms with van der Waals surface area (Å²) in [5, 5.41) is 9.52. The van der Waals surface area contributed by atoms with Gasteiger partial charge in [-0.2, -0.15) is 0 Å². The number of nitrogens with one attached hydrogen (secondary N) is 3. The fourth-order valence-corrected chi connectivity index (χ4v) is 4.04. The Balaban J connectivity index is 1.65. The Morgan fingerprint density at radius 1 is 0.800 bits per heavy atom. The molecule has 1 aliphatic rings. The zero-order chi connectivity index (χ0) is 25.2. The van der Waals surface area contributed by atoms with Gasteiger partial charge in [-0.15, -0.1) is 0 Å². The number of carbonyl (C=O) groups excluding carboxylic acids is 3.